The first-order chi connectivity index (χ1) is 15.0. The first-order valence-electron chi connectivity index (χ1n) is 10.1. The summed E-state index contributed by atoms with van der Waals surface area (Å²) in [5.41, 5.74) is 4.56. The number of aryl methyl sites for hydroxylation is 1. The molecule has 0 fully saturated rings. The zero-order valence-electron chi connectivity index (χ0n) is 17.4. The summed E-state index contributed by atoms with van der Waals surface area (Å²) in [6, 6.07) is 25.3. The van der Waals surface area contributed by atoms with E-state index in [2.05, 4.69) is 17.6 Å². The number of hydrogen-bond acceptors (Lipinski definition) is 3. The molecule has 0 saturated heterocycles. The fourth-order valence-corrected chi connectivity index (χ4v) is 4.62. The van der Waals surface area contributed by atoms with Crippen LogP contribution < -0.4 is 10.6 Å². The zero-order chi connectivity index (χ0) is 21.8. The summed E-state index contributed by atoms with van der Waals surface area (Å²) in [6.07, 6.45) is 0. The summed E-state index contributed by atoms with van der Waals surface area (Å²) in [5.74, 6) is -0.432. The van der Waals surface area contributed by atoms with Crippen molar-refractivity contribution >= 4 is 27.9 Å². The topological polar surface area (TPSA) is 41.1 Å². The van der Waals surface area contributed by atoms with Gasteiger partial charge in [-0.3, -0.25) is 4.79 Å². The van der Waals surface area contributed by atoms with Crippen LogP contribution in [0.4, 0.5) is 15.1 Å². The van der Waals surface area contributed by atoms with Gasteiger partial charge in [0.15, 0.2) is 0 Å². The van der Waals surface area contributed by atoms with Crippen LogP contribution in [0.25, 0.3) is 0 Å². The number of benzene rings is 3. The number of para-hydroxylation sites is 1. The highest BCUT2D eigenvalue weighted by Gasteiger charge is 2.25. The highest BCUT2D eigenvalue weighted by Crippen LogP contribution is 2.41. The molecule has 4 aromatic rings. The van der Waals surface area contributed by atoms with Crippen molar-refractivity contribution in [3.63, 3.8) is 0 Å². The average molecular weight is 431 g/mol. The highest BCUT2D eigenvalue weighted by molar-refractivity contribution is 7.16. The fraction of sp³-hybridized carbons (Fsp3) is 0.115. The lowest BCUT2D eigenvalue weighted by molar-refractivity contribution is 0.102. The molecular formula is C26H23FN2OS. The summed E-state index contributed by atoms with van der Waals surface area (Å²) in [6.45, 7) is 4.11. The van der Waals surface area contributed by atoms with Gasteiger partial charge < -0.3 is 10.6 Å². The van der Waals surface area contributed by atoms with Crippen LogP contribution in [0.2, 0.25) is 0 Å². The van der Waals surface area contributed by atoms with Crippen molar-refractivity contribution in [3.8, 4) is 0 Å². The maximum atomic E-state index is 13.6. The van der Waals surface area contributed by atoms with Gasteiger partial charge in [0.25, 0.3) is 5.91 Å². The predicted octanol–water partition coefficient (Wildman–Crippen LogP) is 6.96. The minimum absolute atomic E-state index is 0.152. The Morgan fingerprint density at radius 1 is 0.871 bits per heavy atom. The second-order valence-corrected chi connectivity index (χ2v) is 8.57. The quantitative estimate of drug-likeness (QED) is 0.347. The second-order valence-electron chi connectivity index (χ2n) is 7.34. The molecule has 5 heteroatoms. The van der Waals surface area contributed by atoms with Crippen LogP contribution in [0.15, 0.2) is 84.9 Å². The van der Waals surface area contributed by atoms with Crippen LogP contribution >= 0.6 is 11.3 Å². The molecule has 0 saturated carbocycles. The monoisotopic (exact) mass is 430 g/mol. The summed E-state index contributed by atoms with van der Waals surface area (Å²) in [4.78, 5) is 14.0. The molecule has 1 aromatic heterocycles. The van der Waals surface area contributed by atoms with Crippen molar-refractivity contribution < 1.29 is 9.18 Å². The summed E-state index contributed by atoms with van der Waals surface area (Å²) < 4.78 is 13.6. The van der Waals surface area contributed by atoms with Gasteiger partial charge in [-0.1, -0.05) is 48.5 Å². The van der Waals surface area contributed by atoms with Gasteiger partial charge in [-0.25, -0.2) is 4.39 Å². The minimum Gasteiger partial charge on any atom is -0.374 e. The number of rotatable bonds is 6. The van der Waals surface area contributed by atoms with E-state index < -0.39 is 0 Å². The third kappa shape index (κ3) is 4.67. The van der Waals surface area contributed by atoms with Crippen molar-refractivity contribution in [2.24, 2.45) is 0 Å². The SMILES string of the molecule is Cc1sc(NC(=O)c2ccccc2)c(C(Nc2ccccc2)c2ccc(F)cc2)c1C. The lowest BCUT2D eigenvalue weighted by atomic mass is 9.96. The number of carbonyl (C=O) groups is 1. The van der Waals surface area contributed by atoms with Gasteiger partial charge in [0.05, 0.1) is 6.04 Å². The highest BCUT2D eigenvalue weighted by atomic mass is 32.1. The molecule has 1 amide bonds. The fourth-order valence-electron chi connectivity index (χ4n) is 3.53. The molecule has 1 heterocycles. The van der Waals surface area contributed by atoms with E-state index in [-0.39, 0.29) is 17.8 Å². The van der Waals surface area contributed by atoms with E-state index in [4.69, 9.17) is 0 Å². The molecular weight excluding hydrogens is 407 g/mol. The first-order valence-corrected chi connectivity index (χ1v) is 10.9. The summed E-state index contributed by atoms with van der Waals surface area (Å²) in [5, 5.41) is 7.47. The van der Waals surface area contributed by atoms with E-state index in [0.717, 1.165) is 32.3 Å². The maximum Gasteiger partial charge on any atom is 0.256 e. The third-order valence-corrected chi connectivity index (χ3v) is 6.41. The Balaban J connectivity index is 1.77. The largest absolute Gasteiger partial charge is 0.374 e. The van der Waals surface area contributed by atoms with Gasteiger partial charge in [0.2, 0.25) is 0 Å². The number of halogens is 1. The molecule has 4 rings (SSSR count). The van der Waals surface area contributed by atoms with Crippen molar-refractivity contribution in [2.45, 2.75) is 19.9 Å². The molecule has 0 bridgehead atoms. The molecule has 0 aliphatic carbocycles. The molecule has 0 radical (unpaired) electrons. The van der Waals surface area contributed by atoms with Gasteiger partial charge in [-0.15, -0.1) is 11.3 Å². The molecule has 1 unspecified atom stereocenters. The van der Waals surface area contributed by atoms with Crippen molar-refractivity contribution in [1.29, 1.82) is 0 Å². The maximum absolute atomic E-state index is 13.6. The predicted molar refractivity (Wildman–Crippen MR) is 126 cm³/mol. The van der Waals surface area contributed by atoms with E-state index >= 15 is 0 Å². The van der Waals surface area contributed by atoms with Crippen molar-refractivity contribution in [2.75, 3.05) is 10.6 Å². The van der Waals surface area contributed by atoms with E-state index in [9.17, 15) is 9.18 Å². The molecule has 31 heavy (non-hydrogen) atoms. The van der Waals surface area contributed by atoms with Crippen molar-refractivity contribution in [1.82, 2.24) is 0 Å². The van der Waals surface area contributed by atoms with Gasteiger partial charge in [-0.05, 0) is 61.4 Å². The van der Waals surface area contributed by atoms with Crippen LogP contribution in [-0.2, 0) is 0 Å². The van der Waals surface area contributed by atoms with E-state index in [1.165, 1.54) is 12.1 Å². The first kappa shape index (κ1) is 20.8. The van der Waals surface area contributed by atoms with E-state index in [0.29, 0.717) is 5.56 Å². The summed E-state index contributed by atoms with van der Waals surface area (Å²) >= 11 is 1.55. The smallest absolute Gasteiger partial charge is 0.256 e. The van der Waals surface area contributed by atoms with Gasteiger partial charge >= 0.3 is 0 Å². The zero-order valence-corrected chi connectivity index (χ0v) is 18.2. The lowest BCUT2D eigenvalue weighted by Crippen LogP contribution is -2.17. The standard InChI is InChI=1S/C26H23FN2OS/c1-17-18(2)31-26(29-25(30)20-9-5-3-6-10-20)23(17)24(19-13-15-21(27)16-14-19)28-22-11-7-4-8-12-22/h3-16,24,28H,1-2H3,(H,29,30). The normalized spacial score (nSPS) is 11.7. The number of carbonyl (C=O) groups excluding carboxylic acids is 1. The van der Waals surface area contributed by atoms with Crippen LogP contribution in [-0.4, -0.2) is 5.91 Å². The van der Waals surface area contributed by atoms with E-state index in [1.807, 2.05) is 55.5 Å². The second kappa shape index (κ2) is 9.14. The molecule has 2 N–H and O–H groups in total. The molecule has 156 valence electrons. The van der Waals surface area contributed by atoms with E-state index in [1.54, 1.807) is 35.6 Å². The Kier molecular flexibility index (Phi) is 6.14. The molecule has 3 aromatic carbocycles. The molecule has 0 aliphatic heterocycles. The average Bonchev–Trinajstić information content (AvgIpc) is 3.07. The number of amides is 1. The third-order valence-electron chi connectivity index (χ3n) is 5.27. The van der Waals surface area contributed by atoms with Gasteiger partial charge in [0, 0.05) is 21.7 Å². The van der Waals surface area contributed by atoms with Crippen LogP contribution in [0.1, 0.15) is 38.0 Å². The van der Waals surface area contributed by atoms with Crippen LogP contribution in [0, 0.1) is 19.7 Å². The molecule has 0 aliphatic rings. The number of thiophene rings is 1. The van der Waals surface area contributed by atoms with Gasteiger partial charge in [-0.2, -0.15) is 0 Å². The Morgan fingerprint density at radius 3 is 2.13 bits per heavy atom. The Morgan fingerprint density at radius 2 is 1.48 bits per heavy atom. The van der Waals surface area contributed by atoms with Crippen LogP contribution in [0.3, 0.4) is 0 Å². The Labute approximate surface area is 185 Å². The molecule has 0 spiro atoms. The summed E-state index contributed by atoms with van der Waals surface area (Å²) in [7, 11) is 0. The lowest BCUT2D eigenvalue weighted by Gasteiger charge is -2.23. The van der Waals surface area contributed by atoms with Crippen LogP contribution in [0.5, 0.6) is 0 Å². The molecule has 1 atom stereocenters. The molecule has 3 nitrogen and oxygen atoms in total. The van der Waals surface area contributed by atoms with Crippen molar-refractivity contribution in [3.05, 3.63) is 118 Å². The number of nitrogens with one attached hydrogen (secondary N) is 2. The number of hydrogen-bond donors (Lipinski definition) is 2. The van der Waals surface area contributed by atoms with Gasteiger partial charge in [0.1, 0.15) is 10.8 Å². The Hall–Kier alpha value is -3.44. The number of anilines is 2. The Bertz CT molecular complexity index is 1170. The minimum atomic E-state index is -0.280.